The molecular formula is C18H28O2P+. The molecule has 21 heavy (non-hydrogen) atoms. The molecule has 0 spiro atoms. The maximum Gasteiger partial charge on any atom is 0.420 e. The molecule has 1 rings (SSSR count). The van der Waals surface area contributed by atoms with Crippen molar-refractivity contribution >= 4 is 13.3 Å². The first-order chi connectivity index (χ1) is 9.51. The molecule has 0 aliphatic heterocycles. The summed E-state index contributed by atoms with van der Waals surface area (Å²) in [5.41, 5.74) is 3.69. The summed E-state index contributed by atoms with van der Waals surface area (Å²) < 4.78 is 12.4. The number of hydrogen-bond acceptors (Lipinski definition) is 2. The summed E-state index contributed by atoms with van der Waals surface area (Å²) >= 11 is 0. The van der Waals surface area contributed by atoms with Crippen LogP contribution in [0.15, 0.2) is 12.1 Å². The van der Waals surface area contributed by atoms with Gasteiger partial charge in [-0.05, 0) is 43.7 Å². The second kappa shape index (κ2) is 6.83. The molecule has 0 heterocycles. The Labute approximate surface area is 130 Å². The van der Waals surface area contributed by atoms with E-state index in [0.717, 1.165) is 23.1 Å². The van der Waals surface area contributed by atoms with Gasteiger partial charge in [-0.3, -0.25) is 0 Å². The molecule has 2 atom stereocenters. The Morgan fingerprint density at radius 2 is 1.62 bits per heavy atom. The third kappa shape index (κ3) is 5.36. The lowest BCUT2D eigenvalue weighted by atomic mass is 9.86. The fourth-order valence-corrected chi connectivity index (χ4v) is 4.58. The quantitative estimate of drug-likeness (QED) is 0.658. The highest BCUT2D eigenvalue weighted by atomic mass is 31.1. The summed E-state index contributed by atoms with van der Waals surface area (Å²) in [6.45, 7) is 14.5. The molecule has 0 amide bonds. The van der Waals surface area contributed by atoms with Gasteiger partial charge in [0.05, 0.1) is 5.56 Å². The van der Waals surface area contributed by atoms with Gasteiger partial charge in [0, 0.05) is 5.92 Å². The van der Waals surface area contributed by atoms with Crippen molar-refractivity contribution in [2.45, 2.75) is 54.9 Å². The van der Waals surface area contributed by atoms with E-state index < -0.39 is 7.80 Å². The predicted molar refractivity (Wildman–Crippen MR) is 90.7 cm³/mol. The van der Waals surface area contributed by atoms with Gasteiger partial charge in [0.15, 0.2) is 6.16 Å². The van der Waals surface area contributed by atoms with Crippen LogP contribution in [0.2, 0.25) is 0 Å². The highest BCUT2D eigenvalue weighted by Crippen LogP contribution is 2.35. The molecule has 0 radical (unpaired) electrons. The van der Waals surface area contributed by atoms with E-state index in [0.29, 0.717) is 17.6 Å². The maximum absolute atomic E-state index is 12.5. The Hall–Kier alpha value is -1.01. The molecule has 0 N–H and O–H groups in total. The van der Waals surface area contributed by atoms with E-state index in [1.54, 1.807) is 0 Å². The summed E-state index contributed by atoms with van der Waals surface area (Å²) in [5.74, 6) is 0.295. The molecule has 1 aromatic rings. The maximum atomic E-state index is 12.5. The summed E-state index contributed by atoms with van der Waals surface area (Å²) in [6.07, 6.45) is 1.46. The number of benzene rings is 1. The lowest BCUT2D eigenvalue weighted by Gasteiger charge is -2.20. The number of aryl methyl sites for hydroxylation is 3. The van der Waals surface area contributed by atoms with Crippen LogP contribution in [0.25, 0.3) is 0 Å². The second-order valence-electron chi connectivity index (χ2n) is 7.51. The van der Waals surface area contributed by atoms with Gasteiger partial charge < -0.3 is 0 Å². The fraction of sp³-hybridized carbons (Fsp3) is 0.611. The Morgan fingerprint density at radius 3 is 2.05 bits per heavy atom. The molecule has 0 aliphatic rings. The zero-order chi connectivity index (χ0) is 16.4. The van der Waals surface area contributed by atoms with Gasteiger partial charge >= 0.3 is 13.3 Å². The van der Waals surface area contributed by atoms with E-state index in [-0.39, 0.29) is 10.9 Å². The number of rotatable bonds is 5. The first kappa shape index (κ1) is 18.0. The summed E-state index contributed by atoms with van der Waals surface area (Å²) in [5, 5.41) is 0. The molecule has 3 heteroatoms. The summed E-state index contributed by atoms with van der Waals surface area (Å²) in [4.78, 5) is 12.5. The number of carbonyl (C=O) groups excluding carboxylic acids is 1. The van der Waals surface area contributed by atoms with E-state index >= 15 is 0 Å². The molecule has 0 aromatic heterocycles. The Morgan fingerprint density at radius 1 is 1.14 bits per heavy atom. The monoisotopic (exact) mass is 307 g/mol. The normalized spacial score (nSPS) is 14.0. The van der Waals surface area contributed by atoms with Crippen molar-refractivity contribution in [3.05, 3.63) is 34.4 Å². The van der Waals surface area contributed by atoms with Crippen LogP contribution in [0.4, 0.5) is 0 Å². The minimum atomic E-state index is -1.84. The lowest BCUT2D eigenvalue weighted by Crippen LogP contribution is -2.14. The smallest absolute Gasteiger partial charge is 0.234 e. The average Bonchev–Trinajstić information content (AvgIpc) is 2.24. The SMILES string of the molecule is Cc1cc(C)c(C(=O)[P+](=O)CC(C)CC(C)(C)C)c(C)c1. The van der Waals surface area contributed by atoms with Crippen molar-refractivity contribution in [1.29, 1.82) is 0 Å². The second-order valence-corrected chi connectivity index (χ2v) is 9.04. The molecule has 2 nitrogen and oxygen atoms in total. The molecule has 0 saturated heterocycles. The minimum absolute atomic E-state index is 0.180. The van der Waals surface area contributed by atoms with Gasteiger partial charge in [-0.25, -0.2) is 4.79 Å². The third-order valence-electron chi connectivity index (χ3n) is 3.56. The molecule has 0 aliphatic carbocycles. The number of carbonyl (C=O) groups is 1. The summed E-state index contributed by atoms with van der Waals surface area (Å²) in [7, 11) is -1.84. The third-order valence-corrected chi connectivity index (χ3v) is 5.19. The van der Waals surface area contributed by atoms with E-state index in [1.807, 2.05) is 32.9 Å². The first-order valence-electron chi connectivity index (χ1n) is 7.58. The van der Waals surface area contributed by atoms with Crippen LogP contribution in [0.5, 0.6) is 0 Å². The van der Waals surface area contributed by atoms with Crippen LogP contribution >= 0.6 is 7.80 Å². The van der Waals surface area contributed by atoms with Crippen LogP contribution in [-0.2, 0) is 4.57 Å². The predicted octanol–water partition coefficient (Wildman–Crippen LogP) is 5.65. The van der Waals surface area contributed by atoms with Gasteiger partial charge in [0.1, 0.15) is 0 Å². The van der Waals surface area contributed by atoms with Gasteiger partial charge in [-0.1, -0.05) is 50.0 Å². The Bertz CT molecular complexity index is 530. The number of hydrogen-bond donors (Lipinski definition) is 0. The van der Waals surface area contributed by atoms with Gasteiger partial charge in [-0.2, -0.15) is 0 Å². The van der Waals surface area contributed by atoms with Crippen molar-refractivity contribution in [3.8, 4) is 0 Å². The van der Waals surface area contributed by atoms with Crippen molar-refractivity contribution in [2.75, 3.05) is 6.16 Å². The van der Waals surface area contributed by atoms with Gasteiger partial charge in [0.2, 0.25) is 0 Å². The molecule has 2 unspecified atom stereocenters. The van der Waals surface area contributed by atoms with Crippen LogP contribution in [-0.4, -0.2) is 11.7 Å². The highest BCUT2D eigenvalue weighted by molar-refractivity contribution is 7.64. The largest absolute Gasteiger partial charge is 0.420 e. The van der Waals surface area contributed by atoms with Crippen molar-refractivity contribution in [1.82, 2.24) is 0 Å². The van der Waals surface area contributed by atoms with Crippen LogP contribution in [0.3, 0.4) is 0 Å². The molecule has 1 aromatic carbocycles. The standard InChI is InChI=1S/C18H28O2P/c1-12-8-14(3)16(15(4)9-12)17(19)21(20)11-13(2)10-18(5,6)7/h8-9,13H,10-11H2,1-7H3/q+1. The van der Waals surface area contributed by atoms with Crippen molar-refractivity contribution in [2.24, 2.45) is 11.3 Å². The summed E-state index contributed by atoms with van der Waals surface area (Å²) in [6, 6.07) is 3.98. The minimum Gasteiger partial charge on any atom is -0.234 e. The van der Waals surface area contributed by atoms with Crippen LogP contribution in [0.1, 0.15) is 61.2 Å². The molecule has 0 fully saturated rings. The molecule has 0 bridgehead atoms. The van der Waals surface area contributed by atoms with Gasteiger partial charge in [0.25, 0.3) is 0 Å². The van der Waals surface area contributed by atoms with Crippen molar-refractivity contribution in [3.63, 3.8) is 0 Å². The van der Waals surface area contributed by atoms with Crippen molar-refractivity contribution < 1.29 is 9.36 Å². The van der Waals surface area contributed by atoms with E-state index in [9.17, 15) is 9.36 Å². The van der Waals surface area contributed by atoms with Crippen LogP contribution < -0.4 is 0 Å². The van der Waals surface area contributed by atoms with E-state index in [4.69, 9.17) is 0 Å². The van der Waals surface area contributed by atoms with E-state index in [2.05, 4.69) is 27.7 Å². The molecular weight excluding hydrogens is 279 g/mol. The van der Waals surface area contributed by atoms with E-state index in [1.165, 1.54) is 0 Å². The molecule has 116 valence electrons. The lowest BCUT2D eigenvalue weighted by molar-refractivity contribution is 0.107. The van der Waals surface area contributed by atoms with Crippen LogP contribution in [0, 0.1) is 32.1 Å². The average molecular weight is 307 g/mol. The highest BCUT2D eigenvalue weighted by Gasteiger charge is 2.34. The Balaban J connectivity index is 2.87. The zero-order valence-electron chi connectivity index (χ0n) is 14.4. The topological polar surface area (TPSA) is 34.1 Å². The fourth-order valence-electron chi connectivity index (χ4n) is 3.12. The van der Waals surface area contributed by atoms with Gasteiger partial charge in [-0.15, -0.1) is 0 Å². The zero-order valence-corrected chi connectivity index (χ0v) is 15.3. The first-order valence-corrected chi connectivity index (χ1v) is 9.02. The molecule has 0 saturated carbocycles. The Kier molecular flexibility index (Phi) is 5.87.